The zero-order chi connectivity index (χ0) is 13.8. The number of nitrogens with one attached hydrogen (secondary N) is 1. The Morgan fingerprint density at radius 2 is 2.11 bits per heavy atom. The summed E-state index contributed by atoms with van der Waals surface area (Å²) in [5, 5.41) is 2.90. The van der Waals surface area contributed by atoms with Gasteiger partial charge in [0.15, 0.2) is 0 Å². The van der Waals surface area contributed by atoms with E-state index in [1.165, 1.54) is 0 Å². The summed E-state index contributed by atoms with van der Waals surface area (Å²) in [4.78, 5) is 23.0. The van der Waals surface area contributed by atoms with Crippen molar-refractivity contribution in [2.75, 3.05) is 24.5 Å². The van der Waals surface area contributed by atoms with Gasteiger partial charge in [-0.2, -0.15) is 0 Å². The molecule has 0 saturated carbocycles. The highest BCUT2D eigenvalue weighted by Crippen LogP contribution is 2.21. The van der Waals surface area contributed by atoms with Crippen molar-refractivity contribution in [2.24, 2.45) is 5.92 Å². The number of aryl methyl sites for hydroxylation is 2. The lowest BCUT2D eigenvalue weighted by Gasteiger charge is -2.32. The monoisotopic (exact) mass is 262 g/mol. The van der Waals surface area contributed by atoms with Gasteiger partial charge in [0.2, 0.25) is 11.9 Å². The maximum atomic E-state index is 11.9. The van der Waals surface area contributed by atoms with Gasteiger partial charge in [0.1, 0.15) is 0 Å². The summed E-state index contributed by atoms with van der Waals surface area (Å²) in [5.74, 6) is 0.959. The largest absolute Gasteiger partial charge is 0.356 e. The summed E-state index contributed by atoms with van der Waals surface area (Å²) in [6.45, 7) is 8.24. The van der Waals surface area contributed by atoms with Crippen molar-refractivity contribution < 1.29 is 4.79 Å². The van der Waals surface area contributed by atoms with E-state index in [2.05, 4.69) is 20.2 Å². The number of nitrogens with zero attached hydrogens (tertiary/aromatic N) is 3. The topological polar surface area (TPSA) is 58.1 Å². The van der Waals surface area contributed by atoms with Gasteiger partial charge < -0.3 is 10.2 Å². The van der Waals surface area contributed by atoms with Crippen molar-refractivity contribution in [3.8, 4) is 0 Å². The minimum atomic E-state index is 0.0538. The lowest BCUT2D eigenvalue weighted by Crippen LogP contribution is -2.43. The quantitative estimate of drug-likeness (QED) is 0.895. The highest BCUT2D eigenvalue weighted by Gasteiger charge is 2.26. The van der Waals surface area contributed by atoms with Crippen molar-refractivity contribution in [2.45, 2.75) is 33.6 Å². The number of carbonyl (C=O) groups is 1. The SMILES string of the molecule is CCNC(=O)[C@@H]1CCCN(c2nc(C)cc(C)n2)C1. The van der Waals surface area contributed by atoms with Gasteiger partial charge >= 0.3 is 0 Å². The Morgan fingerprint density at radius 1 is 1.42 bits per heavy atom. The van der Waals surface area contributed by atoms with E-state index < -0.39 is 0 Å². The van der Waals surface area contributed by atoms with Gasteiger partial charge in [0, 0.05) is 31.0 Å². The summed E-state index contributed by atoms with van der Waals surface area (Å²) in [6.07, 6.45) is 1.96. The van der Waals surface area contributed by atoms with Crippen LogP contribution in [0.1, 0.15) is 31.2 Å². The number of amides is 1. The van der Waals surface area contributed by atoms with Crippen LogP contribution in [0.25, 0.3) is 0 Å². The fourth-order valence-corrected chi connectivity index (χ4v) is 2.54. The van der Waals surface area contributed by atoms with Crippen molar-refractivity contribution in [1.82, 2.24) is 15.3 Å². The number of aromatic nitrogens is 2. The summed E-state index contributed by atoms with van der Waals surface area (Å²) < 4.78 is 0. The summed E-state index contributed by atoms with van der Waals surface area (Å²) in [5.41, 5.74) is 1.95. The number of carbonyl (C=O) groups excluding carboxylic acids is 1. The number of anilines is 1. The Hall–Kier alpha value is -1.65. The molecule has 1 amide bonds. The number of piperidine rings is 1. The molecule has 0 bridgehead atoms. The lowest BCUT2D eigenvalue weighted by molar-refractivity contribution is -0.125. The molecule has 1 aromatic rings. The Kier molecular flexibility index (Phi) is 4.35. The molecule has 0 unspecified atom stereocenters. The van der Waals surface area contributed by atoms with Crippen LogP contribution in [0, 0.1) is 19.8 Å². The van der Waals surface area contributed by atoms with Crippen molar-refractivity contribution >= 4 is 11.9 Å². The van der Waals surface area contributed by atoms with Crippen LogP contribution in [0.4, 0.5) is 5.95 Å². The number of hydrogen-bond acceptors (Lipinski definition) is 4. The molecular weight excluding hydrogens is 240 g/mol. The van der Waals surface area contributed by atoms with Crippen LogP contribution in [-0.2, 0) is 4.79 Å². The van der Waals surface area contributed by atoms with E-state index in [0.717, 1.165) is 36.7 Å². The minimum Gasteiger partial charge on any atom is -0.356 e. The lowest BCUT2D eigenvalue weighted by atomic mass is 9.97. The molecule has 104 valence electrons. The molecule has 1 fully saturated rings. The predicted molar refractivity (Wildman–Crippen MR) is 75.1 cm³/mol. The zero-order valence-electron chi connectivity index (χ0n) is 11.9. The second-order valence-corrected chi connectivity index (χ2v) is 5.13. The molecule has 0 aliphatic carbocycles. The molecule has 1 aromatic heterocycles. The van der Waals surface area contributed by atoms with E-state index in [1.807, 2.05) is 26.8 Å². The fraction of sp³-hybridized carbons (Fsp3) is 0.643. The number of hydrogen-bond donors (Lipinski definition) is 1. The van der Waals surface area contributed by atoms with Gasteiger partial charge in [-0.25, -0.2) is 9.97 Å². The minimum absolute atomic E-state index is 0.0538. The van der Waals surface area contributed by atoms with Crippen LogP contribution < -0.4 is 10.2 Å². The summed E-state index contributed by atoms with van der Waals surface area (Å²) in [6, 6.07) is 1.97. The third kappa shape index (κ3) is 3.43. The second-order valence-electron chi connectivity index (χ2n) is 5.13. The maximum Gasteiger partial charge on any atom is 0.225 e. The fourth-order valence-electron chi connectivity index (χ4n) is 2.54. The molecule has 1 aliphatic heterocycles. The molecule has 5 heteroatoms. The summed E-state index contributed by atoms with van der Waals surface area (Å²) in [7, 11) is 0. The molecule has 0 radical (unpaired) electrons. The average Bonchev–Trinajstić information content (AvgIpc) is 2.38. The first kappa shape index (κ1) is 13.8. The van der Waals surface area contributed by atoms with Crippen LogP contribution in [0.15, 0.2) is 6.07 Å². The highest BCUT2D eigenvalue weighted by molar-refractivity contribution is 5.79. The first-order valence-corrected chi connectivity index (χ1v) is 6.95. The number of rotatable bonds is 3. The molecular formula is C14H22N4O. The molecule has 2 heterocycles. The standard InChI is InChI=1S/C14H22N4O/c1-4-15-13(19)12-6-5-7-18(9-12)14-16-10(2)8-11(3)17-14/h8,12H,4-7,9H2,1-3H3,(H,15,19)/t12-/m1/s1. The Bertz CT molecular complexity index is 441. The van der Waals surface area contributed by atoms with Gasteiger partial charge in [-0.3, -0.25) is 4.79 Å². The van der Waals surface area contributed by atoms with E-state index in [4.69, 9.17) is 0 Å². The van der Waals surface area contributed by atoms with E-state index >= 15 is 0 Å². The van der Waals surface area contributed by atoms with Gasteiger partial charge in [0.05, 0.1) is 5.92 Å². The highest BCUT2D eigenvalue weighted by atomic mass is 16.1. The van der Waals surface area contributed by atoms with E-state index in [9.17, 15) is 4.79 Å². The first-order valence-electron chi connectivity index (χ1n) is 6.95. The molecule has 1 saturated heterocycles. The van der Waals surface area contributed by atoms with Crippen LogP contribution >= 0.6 is 0 Å². The molecule has 5 nitrogen and oxygen atoms in total. The van der Waals surface area contributed by atoms with E-state index in [0.29, 0.717) is 13.1 Å². The molecule has 1 atom stereocenters. The van der Waals surface area contributed by atoms with Gasteiger partial charge in [-0.15, -0.1) is 0 Å². The van der Waals surface area contributed by atoms with Crippen molar-refractivity contribution in [1.29, 1.82) is 0 Å². The molecule has 1 N–H and O–H groups in total. The normalized spacial score (nSPS) is 19.3. The van der Waals surface area contributed by atoms with Crippen molar-refractivity contribution in [3.63, 3.8) is 0 Å². The van der Waals surface area contributed by atoms with Crippen LogP contribution in [0.5, 0.6) is 0 Å². The molecule has 19 heavy (non-hydrogen) atoms. The van der Waals surface area contributed by atoms with E-state index in [-0.39, 0.29) is 11.8 Å². The third-order valence-corrected chi connectivity index (χ3v) is 3.40. The zero-order valence-corrected chi connectivity index (χ0v) is 11.9. The van der Waals surface area contributed by atoms with Crippen LogP contribution in [-0.4, -0.2) is 35.5 Å². The van der Waals surface area contributed by atoms with Gasteiger partial charge in [-0.1, -0.05) is 0 Å². The second kappa shape index (κ2) is 5.99. The maximum absolute atomic E-state index is 11.9. The van der Waals surface area contributed by atoms with Crippen LogP contribution in [0.3, 0.4) is 0 Å². The summed E-state index contributed by atoms with van der Waals surface area (Å²) >= 11 is 0. The molecule has 0 spiro atoms. The predicted octanol–water partition coefficient (Wildman–Crippen LogP) is 1.45. The molecule has 1 aliphatic rings. The Morgan fingerprint density at radius 3 is 2.74 bits per heavy atom. The van der Waals surface area contributed by atoms with Gasteiger partial charge in [0.25, 0.3) is 0 Å². The van der Waals surface area contributed by atoms with Crippen molar-refractivity contribution in [3.05, 3.63) is 17.5 Å². The smallest absolute Gasteiger partial charge is 0.225 e. The third-order valence-electron chi connectivity index (χ3n) is 3.40. The van der Waals surface area contributed by atoms with E-state index in [1.54, 1.807) is 0 Å². The molecule has 2 rings (SSSR count). The Balaban J connectivity index is 2.10. The Labute approximate surface area is 114 Å². The molecule has 0 aromatic carbocycles. The van der Waals surface area contributed by atoms with Gasteiger partial charge in [-0.05, 0) is 39.7 Å². The average molecular weight is 262 g/mol. The first-order chi connectivity index (χ1) is 9.10. The van der Waals surface area contributed by atoms with Crippen LogP contribution in [0.2, 0.25) is 0 Å².